The molecule has 0 aromatic heterocycles. The Morgan fingerprint density at radius 2 is 2.12 bits per heavy atom. The maximum Gasteiger partial charge on any atom is 0.227 e. The molecule has 1 aliphatic rings. The van der Waals surface area contributed by atoms with Gasteiger partial charge in [0, 0.05) is 22.7 Å². The first-order chi connectivity index (χ1) is 8.15. The molecule has 2 rings (SSSR count). The van der Waals surface area contributed by atoms with Crippen molar-refractivity contribution >= 4 is 23.2 Å². The molecule has 1 saturated heterocycles. The number of carbonyl (C=O) groups excluding carboxylic acids is 1. The van der Waals surface area contributed by atoms with E-state index in [-0.39, 0.29) is 11.8 Å². The third kappa shape index (κ3) is 3.45. The zero-order valence-electron chi connectivity index (χ0n) is 9.87. The Morgan fingerprint density at radius 3 is 2.76 bits per heavy atom. The van der Waals surface area contributed by atoms with E-state index < -0.39 is 0 Å². The first kappa shape index (κ1) is 12.4. The fraction of sp³-hybridized carbons (Fsp3) is 0.462. The van der Waals surface area contributed by atoms with Crippen LogP contribution in [0, 0.1) is 5.92 Å². The van der Waals surface area contributed by atoms with Gasteiger partial charge in [0.15, 0.2) is 0 Å². The summed E-state index contributed by atoms with van der Waals surface area (Å²) in [5, 5.41) is 6.95. The molecule has 1 fully saturated rings. The molecule has 17 heavy (non-hydrogen) atoms. The number of benzene rings is 1. The Balaban J connectivity index is 1.94. The second kappa shape index (κ2) is 5.52. The van der Waals surface area contributed by atoms with Crippen molar-refractivity contribution in [1.29, 1.82) is 0 Å². The summed E-state index contributed by atoms with van der Waals surface area (Å²) in [5.74, 6) is 0.225. The van der Waals surface area contributed by atoms with Crippen LogP contribution in [0.1, 0.15) is 19.8 Å². The molecule has 1 amide bonds. The standard InChI is InChI=1S/C13H17ClN2O/c1-9-8-10(6-7-15-9)13(17)16-12-4-2-11(14)3-5-12/h2-5,9-10,15H,6-8H2,1H3,(H,16,17)/t9-,10-/m0/s1. The lowest BCUT2D eigenvalue weighted by Gasteiger charge is -2.27. The minimum atomic E-state index is 0.112. The summed E-state index contributed by atoms with van der Waals surface area (Å²) in [4.78, 5) is 12.0. The Morgan fingerprint density at radius 1 is 1.41 bits per heavy atom. The molecule has 0 radical (unpaired) electrons. The van der Waals surface area contributed by atoms with Crippen molar-refractivity contribution in [3.63, 3.8) is 0 Å². The van der Waals surface area contributed by atoms with Gasteiger partial charge in [0.05, 0.1) is 0 Å². The molecular formula is C13H17ClN2O. The van der Waals surface area contributed by atoms with Crippen LogP contribution in [0.15, 0.2) is 24.3 Å². The highest BCUT2D eigenvalue weighted by Gasteiger charge is 2.24. The van der Waals surface area contributed by atoms with E-state index in [0.29, 0.717) is 11.1 Å². The van der Waals surface area contributed by atoms with Gasteiger partial charge in [-0.2, -0.15) is 0 Å². The number of hydrogen-bond donors (Lipinski definition) is 2. The van der Waals surface area contributed by atoms with Gasteiger partial charge in [0.2, 0.25) is 5.91 Å². The highest BCUT2D eigenvalue weighted by Crippen LogP contribution is 2.19. The number of amides is 1. The number of rotatable bonds is 2. The number of hydrogen-bond acceptors (Lipinski definition) is 2. The van der Waals surface area contributed by atoms with E-state index in [9.17, 15) is 4.79 Å². The van der Waals surface area contributed by atoms with E-state index in [1.807, 2.05) is 12.1 Å². The number of anilines is 1. The summed E-state index contributed by atoms with van der Waals surface area (Å²) >= 11 is 5.80. The number of carbonyl (C=O) groups is 1. The van der Waals surface area contributed by atoms with Crippen molar-refractivity contribution in [2.45, 2.75) is 25.8 Å². The SMILES string of the molecule is C[C@H]1C[C@@H](C(=O)Nc2ccc(Cl)cc2)CCN1. The third-order valence-corrected chi connectivity index (χ3v) is 3.36. The summed E-state index contributed by atoms with van der Waals surface area (Å²) in [7, 11) is 0. The lowest BCUT2D eigenvalue weighted by atomic mass is 9.92. The van der Waals surface area contributed by atoms with Crippen LogP contribution in [-0.2, 0) is 4.79 Å². The van der Waals surface area contributed by atoms with Crippen LogP contribution in [0.2, 0.25) is 5.02 Å². The van der Waals surface area contributed by atoms with E-state index in [1.54, 1.807) is 12.1 Å². The molecule has 0 bridgehead atoms. The smallest absolute Gasteiger partial charge is 0.227 e. The van der Waals surface area contributed by atoms with Gasteiger partial charge in [-0.05, 0) is 50.6 Å². The maximum atomic E-state index is 12.0. The Hall–Kier alpha value is -1.06. The Kier molecular flexibility index (Phi) is 4.02. The first-order valence-electron chi connectivity index (χ1n) is 5.95. The highest BCUT2D eigenvalue weighted by molar-refractivity contribution is 6.30. The molecule has 2 atom stereocenters. The van der Waals surface area contributed by atoms with Gasteiger partial charge in [-0.15, -0.1) is 0 Å². The second-order valence-corrected chi connectivity index (χ2v) is 5.01. The van der Waals surface area contributed by atoms with Gasteiger partial charge in [-0.1, -0.05) is 11.6 Å². The Bertz CT molecular complexity index is 391. The van der Waals surface area contributed by atoms with Gasteiger partial charge in [0.25, 0.3) is 0 Å². The normalized spacial score (nSPS) is 24.4. The molecule has 1 aromatic rings. The minimum absolute atomic E-state index is 0.112. The van der Waals surface area contributed by atoms with Crippen LogP contribution in [0.3, 0.4) is 0 Å². The highest BCUT2D eigenvalue weighted by atomic mass is 35.5. The molecule has 3 nitrogen and oxygen atoms in total. The van der Waals surface area contributed by atoms with Crippen molar-refractivity contribution in [3.8, 4) is 0 Å². The van der Waals surface area contributed by atoms with E-state index in [4.69, 9.17) is 11.6 Å². The number of nitrogens with one attached hydrogen (secondary N) is 2. The van der Waals surface area contributed by atoms with Crippen LogP contribution in [0.5, 0.6) is 0 Å². The molecule has 1 aliphatic heterocycles. The third-order valence-electron chi connectivity index (χ3n) is 3.11. The first-order valence-corrected chi connectivity index (χ1v) is 6.33. The molecule has 0 saturated carbocycles. The maximum absolute atomic E-state index is 12.0. The molecule has 1 aromatic carbocycles. The predicted molar refractivity (Wildman–Crippen MR) is 70.3 cm³/mol. The number of piperidine rings is 1. The van der Waals surface area contributed by atoms with Gasteiger partial charge < -0.3 is 10.6 Å². The van der Waals surface area contributed by atoms with Crippen molar-refractivity contribution < 1.29 is 4.79 Å². The average Bonchev–Trinajstić information content (AvgIpc) is 2.32. The van der Waals surface area contributed by atoms with Gasteiger partial charge >= 0.3 is 0 Å². The van der Waals surface area contributed by atoms with Gasteiger partial charge in [0.1, 0.15) is 0 Å². The second-order valence-electron chi connectivity index (χ2n) is 4.57. The summed E-state index contributed by atoms with van der Waals surface area (Å²) in [6, 6.07) is 7.63. The van der Waals surface area contributed by atoms with Crippen LogP contribution in [-0.4, -0.2) is 18.5 Å². The van der Waals surface area contributed by atoms with Crippen molar-refractivity contribution in [3.05, 3.63) is 29.3 Å². The number of halogens is 1. The van der Waals surface area contributed by atoms with Gasteiger partial charge in [-0.3, -0.25) is 4.79 Å². The summed E-state index contributed by atoms with van der Waals surface area (Å²) in [5.41, 5.74) is 0.811. The lowest BCUT2D eigenvalue weighted by Crippen LogP contribution is -2.40. The van der Waals surface area contributed by atoms with Crippen molar-refractivity contribution in [2.24, 2.45) is 5.92 Å². The summed E-state index contributed by atoms with van der Waals surface area (Å²) < 4.78 is 0. The van der Waals surface area contributed by atoms with Gasteiger partial charge in [-0.25, -0.2) is 0 Å². The molecule has 1 heterocycles. The fourth-order valence-electron chi connectivity index (χ4n) is 2.15. The largest absolute Gasteiger partial charge is 0.326 e. The van der Waals surface area contributed by atoms with Crippen LogP contribution in [0.4, 0.5) is 5.69 Å². The molecule has 2 N–H and O–H groups in total. The Labute approximate surface area is 107 Å². The minimum Gasteiger partial charge on any atom is -0.326 e. The van der Waals surface area contributed by atoms with Crippen molar-refractivity contribution in [1.82, 2.24) is 5.32 Å². The monoisotopic (exact) mass is 252 g/mol. The van der Waals surface area contributed by atoms with Crippen molar-refractivity contribution in [2.75, 3.05) is 11.9 Å². The summed E-state index contributed by atoms with van der Waals surface area (Å²) in [6.07, 6.45) is 1.81. The molecular weight excluding hydrogens is 236 g/mol. The lowest BCUT2D eigenvalue weighted by molar-refractivity contribution is -0.120. The molecule has 0 unspecified atom stereocenters. The van der Waals surface area contributed by atoms with E-state index in [1.165, 1.54) is 0 Å². The summed E-state index contributed by atoms with van der Waals surface area (Å²) in [6.45, 7) is 3.03. The van der Waals surface area contributed by atoms with Crippen LogP contribution >= 0.6 is 11.6 Å². The zero-order valence-corrected chi connectivity index (χ0v) is 10.6. The van der Waals surface area contributed by atoms with E-state index in [2.05, 4.69) is 17.6 Å². The zero-order chi connectivity index (χ0) is 12.3. The van der Waals surface area contributed by atoms with Crippen LogP contribution in [0.25, 0.3) is 0 Å². The van der Waals surface area contributed by atoms with E-state index in [0.717, 1.165) is 25.1 Å². The quantitative estimate of drug-likeness (QED) is 0.850. The molecule has 4 heteroatoms. The fourth-order valence-corrected chi connectivity index (χ4v) is 2.27. The molecule has 0 aliphatic carbocycles. The van der Waals surface area contributed by atoms with Crippen LogP contribution < -0.4 is 10.6 Å². The average molecular weight is 253 g/mol. The topological polar surface area (TPSA) is 41.1 Å². The van der Waals surface area contributed by atoms with E-state index >= 15 is 0 Å². The molecule has 0 spiro atoms. The predicted octanol–water partition coefficient (Wildman–Crippen LogP) is 2.67. The molecule has 92 valence electrons.